The van der Waals surface area contributed by atoms with Crippen molar-refractivity contribution in [2.45, 2.75) is 19.3 Å². The number of nitrogens with zero attached hydrogens (tertiary/aromatic N) is 1. The summed E-state index contributed by atoms with van der Waals surface area (Å²) in [6, 6.07) is 14.8. The Kier molecular flexibility index (Phi) is 8.15. The molecule has 31 heavy (non-hydrogen) atoms. The van der Waals surface area contributed by atoms with Crippen LogP contribution >= 0.6 is 0 Å². The fourth-order valence-electron chi connectivity index (χ4n) is 3.64. The molecule has 1 fully saturated rings. The van der Waals surface area contributed by atoms with E-state index in [2.05, 4.69) is 5.32 Å². The maximum Gasteiger partial charge on any atom is 0.260 e. The summed E-state index contributed by atoms with van der Waals surface area (Å²) in [6.07, 6.45) is 2.02. The Hall–Kier alpha value is -3.22. The van der Waals surface area contributed by atoms with Gasteiger partial charge in [-0.1, -0.05) is 24.3 Å². The summed E-state index contributed by atoms with van der Waals surface area (Å²) < 4.78 is 16.1. The zero-order valence-electron chi connectivity index (χ0n) is 18.1. The Balaban J connectivity index is 1.37. The summed E-state index contributed by atoms with van der Waals surface area (Å²) in [4.78, 5) is 26.5. The molecule has 2 aromatic rings. The van der Waals surface area contributed by atoms with Crippen LogP contribution in [-0.2, 0) is 16.0 Å². The summed E-state index contributed by atoms with van der Waals surface area (Å²) in [5.41, 5.74) is 0.869. The summed E-state index contributed by atoms with van der Waals surface area (Å²) >= 11 is 0. The second-order valence-corrected chi connectivity index (χ2v) is 7.60. The summed E-state index contributed by atoms with van der Waals surface area (Å²) in [6.45, 7) is 2.05. The lowest BCUT2D eigenvalue weighted by Crippen LogP contribution is -2.43. The molecule has 7 heteroatoms. The lowest BCUT2D eigenvalue weighted by atomic mass is 9.96. The molecular formula is C24H30N2O5. The number of para-hydroxylation sites is 1. The molecule has 1 heterocycles. The third-order valence-electron chi connectivity index (χ3n) is 5.47. The molecule has 2 amide bonds. The Morgan fingerprint density at radius 2 is 1.71 bits per heavy atom. The highest BCUT2D eigenvalue weighted by atomic mass is 16.5. The van der Waals surface area contributed by atoms with Crippen molar-refractivity contribution in [3.8, 4) is 17.2 Å². The number of hydrogen-bond donors (Lipinski definition) is 1. The molecule has 7 nitrogen and oxygen atoms in total. The Bertz CT molecular complexity index is 864. The highest BCUT2D eigenvalue weighted by molar-refractivity contribution is 5.79. The van der Waals surface area contributed by atoms with Gasteiger partial charge in [0.25, 0.3) is 5.91 Å². The molecule has 1 saturated heterocycles. The molecule has 166 valence electrons. The van der Waals surface area contributed by atoms with E-state index in [1.807, 2.05) is 47.4 Å². The van der Waals surface area contributed by atoms with Crippen molar-refractivity contribution in [3.05, 3.63) is 54.1 Å². The standard InChI is InChI=1S/C24H30N2O5/c1-29-21-9-8-19(14-22(21)30-2)15-23(27)25-16-18-10-12-26(13-11-18)24(28)17-31-20-6-4-3-5-7-20/h3-9,14,18H,10-13,15-17H2,1-2H3,(H,25,27). The van der Waals surface area contributed by atoms with Gasteiger partial charge in [-0.15, -0.1) is 0 Å². The predicted molar refractivity (Wildman–Crippen MR) is 118 cm³/mol. The van der Waals surface area contributed by atoms with Gasteiger partial charge >= 0.3 is 0 Å². The molecule has 1 aliphatic heterocycles. The fourth-order valence-corrected chi connectivity index (χ4v) is 3.64. The summed E-state index contributed by atoms with van der Waals surface area (Å²) in [7, 11) is 3.16. The molecule has 3 rings (SSSR count). The minimum Gasteiger partial charge on any atom is -0.493 e. The number of rotatable bonds is 9. The summed E-state index contributed by atoms with van der Waals surface area (Å²) in [5.74, 6) is 2.29. The van der Waals surface area contributed by atoms with E-state index in [-0.39, 0.29) is 24.8 Å². The molecule has 0 unspecified atom stereocenters. The predicted octanol–water partition coefficient (Wildman–Crippen LogP) is 2.68. The molecule has 0 spiro atoms. The van der Waals surface area contributed by atoms with Crippen LogP contribution in [0.5, 0.6) is 17.2 Å². The van der Waals surface area contributed by atoms with E-state index in [4.69, 9.17) is 14.2 Å². The lowest BCUT2D eigenvalue weighted by molar-refractivity contribution is -0.135. The molecule has 0 radical (unpaired) electrons. The van der Waals surface area contributed by atoms with Gasteiger partial charge < -0.3 is 24.4 Å². The van der Waals surface area contributed by atoms with Gasteiger partial charge in [0, 0.05) is 19.6 Å². The Morgan fingerprint density at radius 1 is 1.00 bits per heavy atom. The maximum atomic E-state index is 12.4. The van der Waals surface area contributed by atoms with E-state index in [0.29, 0.717) is 42.8 Å². The second-order valence-electron chi connectivity index (χ2n) is 7.60. The first-order valence-electron chi connectivity index (χ1n) is 10.5. The van der Waals surface area contributed by atoms with Crippen molar-refractivity contribution in [2.24, 2.45) is 5.92 Å². The monoisotopic (exact) mass is 426 g/mol. The van der Waals surface area contributed by atoms with Crippen LogP contribution in [0, 0.1) is 5.92 Å². The molecule has 0 bridgehead atoms. The number of methoxy groups -OCH3 is 2. The number of hydrogen-bond acceptors (Lipinski definition) is 5. The zero-order valence-corrected chi connectivity index (χ0v) is 18.1. The molecule has 0 atom stereocenters. The van der Waals surface area contributed by atoms with Gasteiger partial charge in [0.1, 0.15) is 5.75 Å². The third kappa shape index (κ3) is 6.64. The number of amides is 2. The van der Waals surface area contributed by atoms with Crippen LogP contribution in [0.4, 0.5) is 0 Å². The number of ether oxygens (including phenoxy) is 3. The average Bonchev–Trinajstić information content (AvgIpc) is 2.82. The van der Waals surface area contributed by atoms with Crippen molar-refractivity contribution in [3.63, 3.8) is 0 Å². The van der Waals surface area contributed by atoms with Gasteiger partial charge in [0.05, 0.1) is 20.6 Å². The minimum absolute atomic E-state index is 0.000193. The topological polar surface area (TPSA) is 77.1 Å². The fraction of sp³-hybridized carbons (Fsp3) is 0.417. The van der Waals surface area contributed by atoms with Crippen molar-refractivity contribution < 1.29 is 23.8 Å². The largest absolute Gasteiger partial charge is 0.493 e. The highest BCUT2D eigenvalue weighted by Crippen LogP contribution is 2.27. The van der Waals surface area contributed by atoms with Crippen LogP contribution in [0.1, 0.15) is 18.4 Å². The lowest BCUT2D eigenvalue weighted by Gasteiger charge is -2.32. The molecule has 1 aliphatic rings. The van der Waals surface area contributed by atoms with Crippen LogP contribution in [0.15, 0.2) is 48.5 Å². The highest BCUT2D eigenvalue weighted by Gasteiger charge is 2.23. The maximum absolute atomic E-state index is 12.4. The van der Waals surface area contributed by atoms with Crippen molar-refractivity contribution in [1.29, 1.82) is 0 Å². The van der Waals surface area contributed by atoms with Crippen LogP contribution < -0.4 is 19.5 Å². The number of benzene rings is 2. The third-order valence-corrected chi connectivity index (χ3v) is 5.47. The normalized spacial score (nSPS) is 14.1. The van der Waals surface area contributed by atoms with Crippen molar-refractivity contribution in [2.75, 3.05) is 40.5 Å². The van der Waals surface area contributed by atoms with E-state index in [1.54, 1.807) is 20.3 Å². The van der Waals surface area contributed by atoms with E-state index in [0.717, 1.165) is 18.4 Å². The number of piperidine rings is 1. The average molecular weight is 427 g/mol. The van der Waals surface area contributed by atoms with Crippen LogP contribution in [-0.4, -0.2) is 57.2 Å². The number of carbonyl (C=O) groups is 2. The molecular weight excluding hydrogens is 396 g/mol. The van der Waals surface area contributed by atoms with Crippen LogP contribution in [0.25, 0.3) is 0 Å². The van der Waals surface area contributed by atoms with Gasteiger partial charge in [0.15, 0.2) is 18.1 Å². The molecule has 0 aromatic heterocycles. The molecule has 1 N–H and O–H groups in total. The van der Waals surface area contributed by atoms with Gasteiger partial charge in [-0.3, -0.25) is 9.59 Å². The summed E-state index contributed by atoms with van der Waals surface area (Å²) in [5, 5.41) is 3.02. The zero-order chi connectivity index (χ0) is 22.1. The van der Waals surface area contributed by atoms with E-state index in [9.17, 15) is 9.59 Å². The van der Waals surface area contributed by atoms with Crippen LogP contribution in [0.2, 0.25) is 0 Å². The minimum atomic E-state index is -0.0259. The first kappa shape index (κ1) is 22.5. The molecule has 0 saturated carbocycles. The smallest absolute Gasteiger partial charge is 0.260 e. The van der Waals surface area contributed by atoms with E-state index < -0.39 is 0 Å². The molecule has 2 aromatic carbocycles. The van der Waals surface area contributed by atoms with E-state index in [1.165, 1.54) is 0 Å². The number of likely N-dealkylation sites (tertiary alicyclic amines) is 1. The van der Waals surface area contributed by atoms with Gasteiger partial charge in [0.2, 0.25) is 5.91 Å². The van der Waals surface area contributed by atoms with Crippen LogP contribution in [0.3, 0.4) is 0 Å². The van der Waals surface area contributed by atoms with Gasteiger partial charge in [-0.2, -0.15) is 0 Å². The molecule has 0 aliphatic carbocycles. The Morgan fingerprint density at radius 3 is 2.39 bits per heavy atom. The Labute approximate surface area is 183 Å². The SMILES string of the molecule is COc1ccc(CC(=O)NCC2CCN(C(=O)COc3ccccc3)CC2)cc1OC. The number of nitrogens with one attached hydrogen (secondary N) is 1. The van der Waals surface area contributed by atoms with Crippen molar-refractivity contribution >= 4 is 11.8 Å². The first-order valence-corrected chi connectivity index (χ1v) is 10.5. The second kappa shape index (κ2) is 11.2. The van der Waals surface area contributed by atoms with E-state index >= 15 is 0 Å². The van der Waals surface area contributed by atoms with Crippen molar-refractivity contribution in [1.82, 2.24) is 10.2 Å². The number of carbonyl (C=O) groups excluding carboxylic acids is 2. The quantitative estimate of drug-likeness (QED) is 0.667. The van der Waals surface area contributed by atoms with Gasteiger partial charge in [-0.05, 0) is 48.6 Å². The van der Waals surface area contributed by atoms with Gasteiger partial charge in [-0.25, -0.2) is 0 Å². The first-order chi connectivity index (χ1) is 15.1.